The van der Waals surface area contributed by atoms with Crippen LogP contribution in [-0.2, 0) is 9.53 Å². The molecule has 136 valence electrons. The van der Waals surface area contributed by atoms with Gasteiger partial charge < -0.3 is 20.1 Å². The highest BCUT2D eigenvalue weighted by molar-refractivity contribution is 6.30. The molecule has 27 heavy (non-hydrogen) atoms. The van der Waals surface area contributed by atoms with Gasteiger partial charge in [0.15, 0.2) is 23.0 Å². The summed E-state index contributed by atoms with van der Waals surface area (Å²) in [6, 6.07) is 6.13. The Hall–Kier alpha value is -3.03. The number of aromatic hydroxyl groups is 2. The average molecular weight is 366 g/mol. The molecule has 0 spiro atoms. The van der Waals surface area contributed by atoms with Crippen LogP contribution in [0.4, 0.5) is 0 Å². The quantitative estimate of drug-likeness (QED) is 0.442. The van der Waals surface area contributed by atoms with Crippen molar-refractivity contribution in [3.63, 3.8) is 0 Å². The second kappa shape index (κ2) is 4.82. The monoisotopic (exact) mass is 366 g/mol. The fraction of sp³-hybridized carbons (Fsp3) is 0.250. The maximum atomic E-state index is 12.9. The molecule has 5 rings (SSSR count). The van der Waals surface area contributed by atoms with Crippen LogP contribution in [0.2, 0.25) is 0 Å². The summed E-state index contributed by atoms with van der Waals surface area (Å²) in [5.74, 6) is -2.61. The molecule has 1 aliphatic heterocycles. The van der Waals surface area contributed by atoms with Crippen LogP contribution in [0, 0.1) is 0 Å². The molecule has 7 nitrogen and oxygen atoms in total. The summed E-state index contributed by atoms with van der Waals surface area (Å²) in [6.07, 6.45) is -2.28. The van der Waals surface area contributed by atoms with Crippen molar-refractivity contribution < 1.29 is 34.4 Å². The molecular weight excluding hydrogens is 352 g/mol. The molecule has 7 heteroatoms. The second-order valence-corrected chi connectivity index (χ2v) is 7.14. The number of Topliss-reactive ketones (excluding diaryl/α,β-unsaturated/α-hetero) is 1. The number of fused-ring (bicyclic) bond motifs is 5. The normalized spacial score (nSPS) is 27.3. The Morgan fingerprint density at radius 3 is 2.07 bits per heavy atom. The number of ketones is 3. The zero-order valence-electron chi connectivity index (χ0n) is 14.1. The Kier molecular flexibility index (Phi) is 2.88. The summed E-state index contributed by atoms with van der Waals surface area (Å²) >= 11 is 0. The largest absolute Gasteiger partial charge is 0.507 e. The van der Waals surface area contributed by atoms with Gasteiger partial charge in [0.25, 0.3) is 0 Å². The van der Waals surface area contributed by atoms with Gasteiger partial charge in [0.1, 0.15) is 17.6 Å². The van der Waals surface area contributed by atoms with Crippen LogP contribution in [0.3, 0.4) is 0 Å². The SMILES string of the molecule is CC(=O)[C@@]12C[C@@H](O)c3c(O)c4c(c(O)c3C1O2)C(=O)c1ccccc1C4=O. The first kappa shape index (κ1) is 16.2. The topological polar surface area (TPSA) is 124 Å². The van der Waals surface area contributed by atoms with E-state index >= 15 is 0 Å². The minimum absolute atomic E-state index is 0.000677. The van der Waals surface area contributed by atoms with Crippen LogP contribution in [0.5, 0.6) is 11.5 Å². The third-order valence-corrected chi connectivity index (χ3v) is 5.78. The minimum Gasteiger partial charge on any atom is -0.507 e. The average Bonchev–Trinajstić information content (AvgIpc) is 3.37. The van der Waals surface area contributed by atoms with E-state index in [2.05, 4.69) is 0 Å². The molecule has 3 aliphatic rings. The number of phenolic OH excluding ortho intramolecular Hbond substituents is 2. The Labute approximate surface area is 152 Å². The van der Waals surface area contributed by atoms with Crippen LogP contribution in [0.25, 0.3) is 0 Å². The second-order valence-electron chi connectivity index (χ2n) is 7.14. The molecule has 0 radical (unpaired) electrons. The van der Waals surface area contributed by atoms with Crippen molar-refractivity contribution in [3.05, 3.63) is 57.6 Å². The Morgan fingerprint density at radius 1 is 1.04 bits per heavy atom. The van der Waals surface area contributed by atoms with E-state index in [1.165, 1.54) is 19.1 Å². The fourth-order valence-corrected chi connectivity index (χ4v) is 4.38. The van der Waals surface area contributed by atoms with Crippen molar-refractivity contribution in [2.75, 3.05) is 0 Å². The zero-order valence-corrected chi connectivity index (χ0v) is 14.1. The van der Waals surface area contributed by atoms with Gasteiger partial charge >= 0.3 is 0 Å². The standard InChI is InChI=1S/C20H14O7/c1-7(21)20-6-10(22)11-14(19(20)27-20)18(26)13-12(17(11)25)15(23)8-4-2-3-5-9(8)16(13)24/h2-5,10,19,22,25-26H,6H2,1H3/t10-,19?,20+/m1/s1. The molecule has 1 heterocycles. The van der Waals surface area contributed by atoms with Gasteiger partial charge in [-0.25, -0.2) is 0 Å². The minimum atomic E-state index is -1.32. The van der Waals surface area contributed by atoms with Crippen molar-refractivity contribution in [1.82, 2.24) is 0 Å². The lowest BCUT2D eigenvalue weighted by Crippen LogP contribution is -2.31. The van der Waals surface area contributed by atoms with Crippen molar-refractivity contribution in [1.29, 1.82) is 0 Å². The number of aliphatic hydroxyl groups is 1. The summed E-state index contributed by atoms with van der Waals surface area (Å²) in [6.45, 7) is 1.32. The molecule has 3 N–H and O–H groups in total. The molecule has 3 atom stereocenters. The number of aliphatic hydroxyl groups excluding tert-OH is 1. The molecule has 0 aromatic heterocycles. The zero-order chi connectivity index (χ0) is 19.2. The number of hydrogen-bond acceptors (Lipinski definition) is 7. The van der Waals surface area contributed by atoms with Crippen molar-refractivity contribution in [2.45, 2.75) is 31.2 Å². The molecule has 0 saturated carbocycles. The van der Waals surface area contributed by atoms with E-state index in [-0.39, 0.29) is 45.6 Å². The van der Waals surface area contributed by atoms with E-state index in [9.17, 15) is 29.7 Å². The number of carbonyl (C=O) groups is 3. The summed E-state index contributed by atoms with van der Waals surface area (Å²) in [5, 5.41) is 32.1. The number of benzene rings is 2. The van der Waals surface area contributed by atoms with Crippen LogP contribution in [-0.4, -0.2) is 38.3 Å². The highest BCUT2D eigenvalue weighted by Crippen LogP contribution is 2.64. The highest BCUT2D eigenvalue weighted by Gasteiger charge is 2.67. The Morgan fingerprint density at radius 2 is 1.56 bits per heavy atom. The molecule has 2 aliphatic carbocycles. The number of rotatable bonds is 1. The maximum Gasteiger partial charge on any atom is 0.198 e. The summed E-state index contributed by atoms with van der Waals surface area (Å²) in [5.41, 5.74) is -1.75. The maximum absolute atomic E-state index is 12.9. The first-order chi connectivity index (χ1) is 12.8. The van der Waals surface area contributed by atoms with E-state index in [4.69, 9.17) is 4.74 Å². The molecule has 1 fully saturated rings. The summed E-state index contributed by atoms with van der Waals surface area (Å²) < 4.78 is 5.51. The van der Waals surface area contributed by atoms with Gasteiger partial charge in [-0.05, 0) is 6.92 Å². The lowest BCUT2D eigenvalue weighted by atomic mass is 9.74. The smallest absolute Gasteiger partial charge is 0.198 e. The van der Waals surface area contributed by atoms with Crippen LogP contribution >= 0.6 is 0 Å². The number of carbonyl (C=O) groups excluding carboxylic acids is 3. The van der Waals surface area contributed by atoms with E-state index in [0.717, 1.165) is 0 Å². The number of phenols is 2. The lowest BCUT2D eigenvalue weighted by Gasteiger charge is -2.29. The van der Waals surface area contributed by atoms with Crippen molar-refractivity contribution in [3.8, 4) is 11.5 Å². The first-order valence-corrected chi connectivity index (χ1v) is 8.46. The summed E-state index contributed by atoms with van der Waals surface area (Å²) in [4.78, 5) is 37.8. The molecule has 1 saturated heterocycles. The van der Waals surface area contributed by atoms with Crippen LogP contribution in [0.1, 0.15) is 68.5 Å². The van der Waals surface area contributed by atoms with Gasteiger partial charge in [-0.1, -0.05) is 24.3 Å². The predicted octanol–water partition coefficient (Wildman–Crippen LogP) is 1.71. The molecule has 0 bridgehead atoms. The molecule has 1 unspecified atom stereocenters. The van der Waals surface area contributed by atoms with E-state index in [1.807, 2.05) is 0 Å². The molecule has 2 aromatic carbocycles. The predicted molar refractivity (Wildman–Crippen MR) is 89.9 cm³/mol. The van der Waals surface area contributed by atoms with Gasteiger partial charge in [0.05, 0.1) is 17.2 Å². The first-order valence-electron chi connectivity index (χ1n) is 8.46. The Bertz CT molecular complexity index is 1100. The molecular formula is C20H14O7. The van der Waals surface area contributed by atoms with Gasteiger partial charge in [0, 0.05) is 28.7 Å². The molecule has 2 aromatic rings. The van der Waals surface area contributed by atoms with Gasteiger partial charge in [-0.3, -0.25) is 14.4 Å². The van der Waals surface area contributed by atoms with Gasteiger partial charge in [-0.15, -0.1) is 0 Å². The van der Waals surface area contributed by atoms with Crippen LogP contribution in [0.15, 0.2) is 24.3 Å². The van der Waals surface area contributed by atoms with Gasteiger partial charge in [0.2, 0.25) is 0 Å². The van der Waals surface area contributed by atoms with Crippen molar-refractivity contribution >= 4 is 17.3 Å². The van der Waals surface area contributed by atoms with E-state index < -0.39 is 40.9 Å². The summed E-state index contributed by atoms with van der Waals surface area (Å²) in [7, 11) is 0. The number of epoxide rings is 1. The number of hydrogen-bond donors (Lipinski definition) is 3. The number of ether oxygens (including phenoxy) is 1. The van der Waals surface area contributed by atoms with E-state index in [0.29, 0.717) is 0 Å². The fourth-order valence-electron chi connectivity index (χ4n) is 4.38. The third-order valence-electron chi connectivity index (χ3n) is 5.78. The lowest BCUT2D eigenvalue weighted by molar-refractivity contribution is -0.123. The highest BCUT2D eigenvalue weighted by atomic mass is 16.6. The van der Waals surface area contributed by atoms with Crippen LogP contribution < -0.4 is 0 Å². The van der Waals surface area contributed by atoms with Gasteiger partial charge in [-0.2, -0.15) is 0 Å². The van der Waals surface area contributed by atoms with Crippen molar-refractivity contribution in [2.24, 2.45) is 0 Å². The molecule has 0 amide bonds. The third kappa shape index (κ3) is 1.75. The Balaban J connectivity index is 1.83. The van der Waals surface area contributed by atoms with E-state index in [1.54, 1.807) is 12.1 Å².